The van der Waals surface area contributed by atoms with Crippen molar-refractivity contribution in [2.75, 3.05) is 4.72 Å². The molecular weight excluding hydrogens is 484 g/mol. The summed E-state index contributed by atoms with van der Waals surface area (Å²) in [5, 5.41) is 0.709. The molecule has 7 nitrogen and oxygen atoms in total. The van der Waals surface area contributed by atoms with Gasteiger partial charge < -0.3 is 4.90 Å². The lowest BCUT2D eigenvalue weighted by Crippen LogP contribution is -2.31. The Morgan fingerprint density at radius 2 is 1.46 bits per heavy atom. The number of pyridine rings is 2. The van der Waals surface area contributed by atoms with Gasteiger partial charge >= 0.3 is 0 Å². The van der Waals surface area contributed by atoms with E-state index in [1.54, 1.807) is 72.0 Å². The second-order valence-electron chi connectivity index (χ2n) is 8.49. The van der Waals surface area contributed by atoms with Crippen LogP contribution in [0, 0.1) is 0 Å². The van der Waals surface area contributed by atoms with E-state index in [4.69, 9.17) is 0 Å². The van der Waals surface area contributed by atoms with E-state index >= 15 is 0 Å². The molecule has 0 aliphatic rings. The van der Waals surface area contributed by atoms with Gasteiger partial charge in [-0.2, -0.15) is 0 Å². The van der Waals surface area contributed by atoms with Crippen LogP contribution >= 0.6 is 0 Å². The Kier molecular flexibility index (Phi) is 6.91. The lowest BCUT2D eigenvalue weighted by Gasteiger charge is -2.24. The summed E-state index contributed by atoms with van der Waals surface area (Å²) in [5.41, 5.74) is 2.64. The van der Waals surface area contributed by atoms with Gasteiger partial charge in [0.25, 0.3) is 15.9 Å². The smallest absolute Gasteiger partial charge is 0.264 e. The highest BCUT2D eigenvalue weighted by atomic mass is 32.2. The fourth-order valence-corrected chi connectivity index (χ4v) is 5.40. The van der Waals surface area contributed by atoms with E-state index in [9.17, 15) is 13.2 Å². The first kappa shape index (κ1) is 24.1. The van der Waals surface area contributed by atoms with Gasteiger partial charge in [-0.25, -0.2) is 8.42 Å². The Morgan fingerprint density at radius 1 is 0.757 bits per heavy atom. The van der Waals surface area contributed by atoms with Gasteiger partial charge in [0.1, 0.15) is 4.90 Å². The Balaban J connectivity index is 1.49. The van der Waals surface area contributed by atoms with Crippen LogP contribution < -0.4 is 4.72 Å². The summed E-state index contributed by atoms with van der Waals surface area (Å²) in [7, 11) is -4.03. The number of aromatic nitrogens is 2. The minimum Gasteiger partial charge on any atom is -0.330 e. The third-order valence-corrected chi connectivity index (χ3v) is 7.28. The van der Waals surface area contributed by atoms with E-state index in [0.29, 0.717) is 24.0 Å². The molecule has 0 fully saturated rings. The number of nitrogens with one attached hydrogen (secondary N) is 1. The molecular formula is C29H24N4O3S. The van der Waals surface area contributed by atoms with Crippen LogP contribution in [0.5, 0.6) is 0 Å². The Labute approximate surface area is 215 Å². The fourth-order valence-electron chi connectivity index (χ4n) is 4.14. The number of amides is 1. The monoisotopic (exact) mass is 508 g/mol. The molecule has 0 spiro atoms. The maximum atomic E-state index is 13.9. The molecule has 0 bridgehead atoms. The van der Waals surface area contributed by atoms with Crippen LogP contribution in [0.4, 0.5) is 5.69 Å². The van der Waals surface area contributed by atoms with Crippen LogP contribution in [0.1, 0.15) is 21.5 Å². The predicted molar refractivity (Wildman–Crippen MR) is 143 cm³/mol. The largest absolute Gasteiger partial charge is 0.330 e. The Bertz CT molecular complexity index is 1600. The number of anilines is 1. The van der Waals surface area contributed by atoms with E-state index in [0.717, 1.165) is 11.1 Å². The molecule has 8 heteroatoms. The summed E-state index contributed by atoms with van der Waals surface area (Å²) in [5.74, 6) is -0.304. The molecule has 0 atom stereocenters. The molecule has 0 saturated heterocycles. The van der Waals surface area contributed by atoms with Crippen molar-refractivity contribution in [1.82, 2.24) is 14.9 Å². The highest BCUT2D eigenvalue weighted by Crippen LogP contribution is 2.26. The molecule has 37 heavy (non-hydrogen) atoms. The number of hydrogen-bond acceptors (Lipinski definition) is 5. The molecule has 0 saturated carbocycles. The number of benzene rings is 3. The lowest BCUT2D eigenvalue weighted by molar-refractivity contribution is 0.0731. The minimum absolute atomic E-state index is 0.0457. The normalized spacial score (nSPS) is 11.2. The van der Waals surface area contributed by atoms with E-state index in [-0.39, 0.29) is 22.1 Å². The fraction of sp³-hybridized carbons (Fsp3) is 0.0690. The van der Waals surface area contributed by atoms with Crippen molar-refractivity contribution in [1.29, 1.82) is 0 Å². The SMILES string of the molecule is O=C(c1ccccc1NS(=O)(=O)c1cccc2cccnc12)N(Cc1ccccc1)Cc1cccnc1. The van der Waals surface area contributed by atoms with Gasteiger partial charge in [0.15, 0.2) is 0 Å². The van der Waals surface area contributed by atoms with Crippen molar-refractivity contribution in [3.63, 3.8) is 0 Å². The molecule has 5 rings (SSSR count). The van der Waals surface area contributed by atoms with Crippen LogP contribution in [0.15, 0.2) is 121 Å². The highest BCUT2D eigenvalue weighted by Gasteiger charge is 2.24. The average molecular weight is 509 g/mol. The van der Waals surface area contributed by atoms with E-state index < -0.39 is 10.0 Å². The van der Waals surface area contributed by atoms with Crippen molar-refractivity contribution in [3.8, 4) is 0 Å². The van der Waals surface area contributed by atoms with Gasteiger partial charge in [-0.1, -0.05) is 66.7 Å². The summed E-state index contributed by atoms with van der Waals surface area (Å²) in [6, 6.07) is 28.6. The molecule has 5 aromatic rings. The van der Waals surface area contributed by atoms with Gasteiger partial charge in [-0.05, 0) is 41.5 Å². The number of para-hydroxylation sites is 2. The predicted octanol–water partition coefficient (Wildman–Crippen LogP) is 5.27. The summed E-state index contributed by atoms with van der Waals surface area (Å²) in [4.78, 5) is 24.0. The number of carbonyl (C=O) groups excluding carboxylic acids is 1. The van der Waals surface area contributed by atoms with Crippen LogP contribution in [0.2, 0.25) is 0 Å². The maximum Gasteiger partial charge on any atom is 0.264 e. The number of hydrogen-bond donors (Lipinski definition) is 1. The van der Waals surface area contributed by atoms with Crippen molar-refractivity contribution in [2.24, 2.45) is 0 Å². The Hall–Kier alpha value is -4.56. The van der Waals surface area contributed by atoms with Gasteiger partial charge in [0.05, 0.1) is 16.8 Å². The van der Waals surface area contributed by atoms with Crippen LogP contribution in [0.25, 0.3) is 10.9 Å². The van der Waals surface area contributed by atoms with Crippen LogP contribution in [0.3, 0.4) is 0 Å². The number of rotatable bonds is 8. The average Bonchev–Trinajstić information content (AvgIpc) is 2.93. The second kappa shape index (κ2) is 10.6. The van der Waals surface area contributed by atoms with Crippen molar-refractivity contribution >= 4 is 32.5 Å². The first-order valence-corrected chi connectivity index (χ1v) is 13.2. The molecule has 2 aromatic heterocycles. The van der Waals surface area contributed by atoms with Crippen LogP contribution in [-0.2, 0) is 23.1 Å². The summed E-state index contributed by atoms with van der Waals surface area (Å²) >= 11 is 0. The standard InChI is InChI=1S/C29H24N4O3S/c34-29(33(20-22-9-2-1-3-10-22)21-23-11-7-17-30-19-23)25-14-4-5-15-26(25)32-37(35,36)27-16-6-12-24-13-8-18-31-28(24)27/h1-19,32H,20-21H2. The number of fused-ring (bicyclic) bond motifs is 1. The Morgan fingerprint density at radius 3 is 2.27 bits per heavy atom. The van der Waals surface area contributed by atoms with Crippen molar-refractivity contribution < 1.29 is 13.2 Å². The molecule has 0 radical (unpaired) electrons. The zero-order valence-corrected chi connectivity index (χ0v) is 20.7. The number of nitrogens with zero attached hydrogens (tertiary/aromatic N) is 3. The van der Waals surface area contributed by atoms with Crippen LogP contribution in [-0.4, -0.2) is 29.2 Å². The topological polar surface area (TPSA) is 92.3 Å². The lowest BCUT2D eigenvalue weighted by atomic mass is 10.1. The molecule has 0 aliphatic heterocycles. The van der Waals surface area contributed by atoms with E-state index in [2.05, 4.69) is 14.7 Å². The zero-order valence-electron chi connectivity index (χ0n) is 19.9. The van der Waals surface area contributed by atoms with Gasteiger partial charge in [-0.15, -0.1) is 0 Å². The molecule has 2 heterocycles. The first-order valence-electron chi connectivity index (χ1n) is 11.7. The van der Waals surface area contributed by atoms with Gasteiger partial charge in [0.2, 0.25) is 0 Å². The molecule has 0 aliphatic carbocycles. The van der Waals surface area contributed by atoms with Gasteiger partial charge in [0, 0.05) is 37.1 Å². The first-order chi connectivity index (χ1) is 18.0. The molecule has 3 aromatic carbocycles. The molecule has 184 valence electrons. The summed E-state index contributed by atoms with van der Waals surface area (Å²) in [6.45, 7) is 0.665. The number of carbonyl (C=O) groups is 1. The van der Waals surface area contributed by atoms with E-state index in [1.807, 2.05) is 42.5 Å². The van der Waals surface area contributed by atoms with Gasteiger partial charge in [-0.3, -0.25) is 19.5 Å². The summed E-state index contributed by atoms with van der Waals surface area (Å²) in [6.07, 6.45) is 4.95. The number of sulfonamides is 1. The molecule has 1 N–H and O–H groups in total. The third kappa shape index (κ3) is 5.49. The second-order valence-corrected chi connectivity index (χ2v) is 10.1. The quantitative estimate of drug-likeness (QED) is 0.308. The minimum atomic E-state index is -4.03. The van der Waals surface area contributed by atoms with E-state index in [1.165, 1.54) is 6.07 Å². The molecule has 0 unspecified atom stereocenters. The maximum absolute atomic E-state index is 13.9. The third-order valence-electron chi connectivity index (χ3n) is 5.89. The van der Waals surface area contributed by atoms with Crippen molar-refractivity contribution in [3.05, 3.63) is 132 Å². The van der Waals surface area contributed by atoms with Crippen molar-refractivity contribution in [2.45, 2.75) is 18.0 Å². The molecule has 1 amide bonds. The highest BCUT2D eigenvalue weighted by molar-refractivity contribution is 7.93. The summed E-state index contributed by atoms with van der Waals surface area (Å²) < 4.78 is 29.5. The zero-order chi connectivity index (χ0) is 25.7.